The van der Waals surface area contributed by atoms with Gasteiger partial charge in [-0.1, -0.05) is 13.0 Å². The summed E-state index contributed by atoms with van der Waals surface area (Å²) in [5.41, 5.74) is 6.60. The van der Waals surface area contributed by atoms with E-state index in [9.17, 15) is 4.39 Å². The highest BCUT2D eigenvalue weighted by atomic mass is 19.1. The Morgan fingerprint density at radius 3 is 2.68 bits per heavy atom. The van der Waals surface area contributed by atoms with Crippen molar-refractivity contribution >= 4 is 0 Å². The lowest BCUT2D eigenvalue weighted by Gasteiger charge is -2.43. The molecule has 3 nitrogen and oxygen atoms in total. The van der Waals surface area contributed by atoms with Crippen LogP contribution < -0.4 is 10.5 Å². The van der Waals surface area contributed by atoms with Crippen molar-refractivity contribution in [2.24, 2.45) is 11.7 Å². The molecule has 1 aromatic rings. The van der Waals surface area contributed by atoms with Gasteiger partial charge in [0, 0.05) is 5.41 Å². The average Bonchev–Trinajstić information content (AvgIpc) is 2.36. The normalized spacial score (nSPS) is 18.7. The van der Waals surface area contributed by atoms with E-state index >= 15 is 0 Å². The Bertz CT molecular complexity index is 432. The van der Waals surface area contributed by atoms with Crippen molar-refractivity contribution in [1.82, 2.24) is 0 Å². The van der Waals surface area contributed by atoms with Crippen LogP contribution in [0.2, 0.25) is 0 Å². The Morgan fingerprint density at radius 1 is 1.47 bits per heavy atom. The molecule has 1 heterocycles. The smallest absolute Gasteiger partial charge is 0.165 e. The summed E-state index contributed by atoms with van der Waals surface area (Å²) in [7, 11) is 0. The zero-order valence-corrected chi connectivity index (χ0v) is 11.6. The molecule has 0 radical (unpaired) electrons. The molecular weight excluding hydrogens is 245 g/mol. The maximum absolute atomic E-state index is 14.0. The second-order valence-electron chi connectivity index (χ2n) is 5.40. The van der Waals surface area contributed by atoms with Crippen molar-refractivity contribution in [2.75, 3.05) is 26.4 Å². The zero-order chi connectivity index (χ0) is 13.9. The summed E-state index contributed by atoms with van der Waals surface area (Å²) in [6.07, 6.45) is 0.928. The van der Waals surface area contributed by atoms with Crippen LogP contribution in [-0.2, 0) is 10.2 Å². The molecule has 1 atom stereocenters. The average molecular weight is 267 g/mol. The monoisotopic (exact) mass is 267 g/mol. The largest absolute Gasteiger partial charge is 0.491 e. The van der Waals surface area contributed by atoms with E-state index in [2.05, 4.69) is 6.92 Å². The van der Waals surface area contributed by atoms with E-state index in [1.54, 1.807) is 12.1 Å². The highest BCUT2D eigenvalue weighted by Gasteiger charge is 2.41. The van der Waals surface area contributed by atoms with Crippen LogP contribution in [0.1, 0.15) is 25.8 Å². The number of benzene rings is 1. The highest BCUT2D eigenvalue weighted by Crippen LogP contribution is 2.39. The summed E-state index contributed by atoms with van der Waals surface area (Å²) in [6.45, 7) is 6.36. The van der Waals surface area contributed by atoms with Crippen molar-refractivity contribution in [3.05, 3.63) is 29.6 Å². The van der Waals surface area contributed by atoms with Crippen LogP contribution in [0.4, 0.5) is 4.39 Å². The van der Waals surface area contributed by atoms with Gasteiger partial charge in [0.2, 0.25) is 0 Å². The van der Waals surface area contributed by atoms with Gasteiger partial charge in [0.05, 0.1) is 19.8 Å². The first kappa shape index (κ1) is 14.3. The van der Waals surface area contributed by atoms with Gasteiger partial charge in [-0.3, -0.25) is 0 Å². The van der Waals surface area contributed by atoms with Crippen LogP contribution >= 0.6 is 0 Å². The minimum atomic E-state index is -0.300. The predicted molar refractivity (Wildman–Crippen MR) is 72.9 cm³/mol. The highest BCUT2D eigenvalue weighted by molar-refractivity contribution is 5.35. The van der Waals surface area contributed by atoms with Crippen LogP contribution in [0.3, 0.4) is 0 Å². The number of nitrogens with two attached hydrogens (primary N) is 1. The molecule has 4 heteroatoms. The third kappa shape index (κ3) is 2.90. The maximum atomic E-state index is 14.0. The predicted octanol–water partition coefficient (Wildman–Crippen LogP) is 2.48. The van der Waals surface area contributed by atoms with Gasteiger partial charge in [-0.15, -0.1) is 0 Å². The van der Waals surface area contributed by atoms with E-state index in [1.807, 2.05) is 13.0 Å². The first-order valence-electron chi connectivity index (χ1n) is 6.82. The van der Waals surface area contributed by atoms with Gasteiger partial charge in [-0.25, -0.2) is 4.39 Å². The number of hydrogen-bond donors (Lipinski definition) is 1. The molecule has 1 fully saturated rings. The second kappa shape index (κ2) is 5.88. The molecule has 1 aliphatic rings. The molecular formula is C15H22FNO2. The quantitative estimate of drug-likeness (QED) is 0.861. The molecule has 1 saturated heterocycles. The van der Waals surface area contributed by atoms with Crippen molar-refractivity contribution in [2.45, 2.75) is 25.7 Å². The van der Waals surface area contributed by atoms with E-state index in [0.29, 0.717) is 38.0 Å². The zero-order valence-electron chi connectivity index (χ0n) is 11.6. The van der Waals surface area contributed by atoms with Crippen LogP contribution in [0.15, 0.2) is 18.2 Å². The topological polar surface area (TPSA) is 44.5 Å². The lowest BCUT2D eigenvalue weighted by atomic mass is 9.72. The molecule has 1 aliphatic heterocycles. The Labute approximate surface area is 113 Å². The van der Waals surface area contributed by atoms with Gasteiger partial charge >= 0.3 is 0 Å². The molecule has 0 spiro atoms. The molecule has 0 bridgehead atoms. The Morgan fingerprint density at radius 2 is 2.21 bits per heavy atom. The molecule has 19 heavy (non-hydrogen) atoms. The summed E-state index contributed by atoms with van der Waals surface area (Å²) < 4.78 is 24.5. The molecule has 0 aromatic heterocycles. The molecule has 2 N–H and O–H groups in total. The number of ether oxygens (including phenoxy) is 2. The first-order chi connectivity index (χ1) is 9.11. The van der Waals surface area contributed by atoms with Crippen LogP contribution in [0.5, 0.6) is 5.75 Å². The number of hydrogen-bond acceptors (Lipinski definition) is 3. The van der Waals surface area contributed by atoms with E-state index in [1.165, 1.54) is 0 Å². The summed E-state index contributed by atoms with van der Waals surface area (Å²) in [5.74, 6) is 0.415. The van der Waals surface area contributed by atoms with Gasteiger partial charge in [-0.2, -0.15) is 0 Å². The Hall–Kier alpha value is -1.13. The number of halogens is 1. The lowest BCUT2D eigenvalue weighted by molar-refractivity contribution is -0.0703. The Balaban J connectivity index is 2.21. The maximum Gasteiger partial charge on any atom is 0.165 e. The Kier molecular flexibility index (Phi) is 4.42. The molecule has 0 aliphatic carbocycles. The van der Waals surface area contributed by atoms with Gasteiger partial charge in [-0.05, 0) is 43.5 Å². The van der Waals surface area contributed by atoms with Crippen LogP contribution in [0, 0.1) is 11.7 Å². The van der Waals surface area contributed by atoms with Crippen LogP contribution in [-0.4, -0.2) is 26.4 Å². The standard InChI is InChI=1S/C15H22FNO2/c1-3-19-14-5-4-12(6-13(14)16)15(9-18-10-15)7-11(2)8-17/h4-6,11H,3,7-10,17H2,1-2H3. The lowest BCUT2D eigenvalue weighted by Crippen LogP contribution is -2.48. The van der Waals surface area contributed by atoms with Gasteiger partial charge in [0.15, 0.2) is 11.6 Å². The molecule has 0 amide bonds. The van der Waals surface area contributed by atoms with Gasteiger partial charge < -0.3 is 15.2 Å². The summed E-state index contributed by atoms with van der Waals surface area (Å²) in [6, 6.07) is 5.23. The van der Waals surface area contributed by atoms with Gasteiger partial charge in [0.1, 0.15) is 0 Å². The molecule has 2 rings (SSSR count). The summed E-state index contributed by atoms with van der Waals surface area (Å²) in [4.78, 5) is 0. The fourth-order valence-corrected chi connectivity index (χ4v) is 2.60. The van der Waals surface area contributed by atoms with E-state index in [-0.39, 0.29) is 11.2 Å². The first-order valence-corrected chi connectivity index (χ1v) is 6.82. The minimum absolute atomic E-state index is 0.0790. The number of rotatable bonds is 6. The third-order valence-corrected chi connectivity index (χ3v) is 3.74. The molecule has 106 valence electrons. The van der Waals surface area contributed by atoms with E-state index < -0.39 is 0 Å². The minimum Gasteiger partial charge on any atom is -0.491 e. The van der Waals surface area contributed by atoms with E-state index in [4.69, 9.17) is 15.2 Å². The molecule has 1 unspecified atom stereocenters. The van der Waals surface area contributed by atoms with Crippen LogP contribution in [0.25, 0.3) is 0 Å². The SMILES string of the molecule is CCOc1ccc(C2(CC(C)CN)COC2)cc1F. The van der Waals surface area contributed by atoms with Gasteiger partial charge in [0.25, 0.3) is 0 Å². The second-order valence-corrected chi connectivity index (χ2v) is 5.40. The van der Waals surface area contributed by atoms with Crippen molar-refractivity contribution in [3.63, 3.8) is 0 Å². The van der Waals surface area contributed by atoms with E-state index in [0.717, 1.165) is 12.0 Å². The summed E-state index contributed by atoms with van der Waals surface area (Å²) >= 11 is 0. The van der Waals surface area contributed by atoms with Crippen molar-refractivity contribution < 1.29 is 13.9 Å². The molecule has 0 saturated carbocycles. The fraction of sp³-hybridized carbons (Fsp3) is 0.600. The summed E-state index contributed by atoms with van der Waals surface area (Å²) in [5, 5.41) is 0. The van der Waals surface area contributed by atoms with Crippen molar-refractivity contribution in [1.29, 1.82) is 0 Å². The van der Waals surface area contributed by atoms with Crippen molar-refractivity contribution in [3.8, 4) is 5.75 Å². The third-order valence-electron chi connectivity index (χ3n) is 3.74. The fourth-order valence-electron chi connectivity index (χ4n) is 2.60. The molecule has 1 aromatic carbocycles.